The number of carboxylic acids is 1. The van der Waals surface area contributed by atoms with Gasteiger partial charge in [0.1, 0.15) is 0 Å². The summed E-state index contributed by atoms with van der Waals surface area (Å²) in [6.07, 6.45) is -0.246. The molecular formula is C14H15NO3. The van der Waals surface area contributed by atoms with Crippen LogP contribution in [0.2, 0.25) is 0 Å². The summed E-state index contributed by atoms with van der Waals surface area (Å²) in [6, 6.07) is 3.73. The maximum absolute atomic E-state index is 12.3. The predicted molar refractivity (Wildman–Crippen MR) is 70.1 cm³/mol. The molecule has 18 heavy (non-hydrogen) atoms. The Labute approximate surface area is 104 Å². The number of carbonyl (C=O) groups is 1. The summed E-state index contributed by atoms with van der Waals surface area (Å²) in [4.78, 5) is 26.2. The van der Waals surface area contributed by atoms with Crippen LogP contribution >= 0.6 is 0 Å². The van der Waals surface area contributed by atoms with Crippen molar-refractivity contribution in [3.8, 4) is 0 Å². The summed E-state index contributed by atoms with van der Waals surface area (Å²) in [7, 11) is 0. The lowest BCUT2D eigenvalue weighted by Crippen LogP contribution is -2.17. The van der Waals surface area contributed by atoms with E-state index in [0.717, 1.165) is 16.6 Å². The molecule has 0 aliphatic rings. The Bertz CT molecular complexity index is 698. The number of aromatic nitrogens is 1. The van der Waals surface area contributed by atoms with E-state index in [9.17, 15) is 9.59 Å². The molecule has 1 aromatic carbocycles. The van der Waals surface area contributed by atoms with E-state index < -0.39 is 5.97 Å². The molecule has 4 nitrogen and oxygen atoms in total. The number of carboxylic acid groups (broad SMARTS) is 1. The minimum absolute atomic E-state index is 0.188. The van der Waals surface area contributed by atoms with Crippen LogP contribution in [0.5, 0.6) is 0 Å². The van der Waals surface area contributed by atoms with E-state index in [1.165, 1.54) is 0 Å². The van der Waals surface area contributed by atoms with E-state index in [1.807, 2.05) is 26.0 Å². The van der Waals surface area contributed by atoms with Gasteiger partial charge in [0.2, 0.25) is 0 Å². The fourth-order valence-electron chi connectivity index (χ4n) is 2.08. The first-order valence-electron chi connectivity index (χ1n) is 5.74. The van der Waals surface area contributed by atoms with Gasteiger partial charge in [0.05, 0.1) is 6.42 Å². The van der Waals surface area contributed by atoms with Crippen molar-refractivity contribution in [3.05, 3.63) is 44.7 Å². The van der Waals surface area contributed by atoms with Crippen LogP contribution in [-0.4, -0.2) is 16.1 Å². The number of rotatable bonds is 2. The SMILES string of the molecule is Cc1cc2[nH]c(C)c(CC(=O)O)c(=O)c2cc1C. The van der Waals surface area contributed by atoms with Gasteiger partial charge in [-0.05, 0) is 44.0 Å². The fourth-order valence-corrected chi connectivity index (χ4v) is 2.08. The number of hydrogen-bond donors (Lipinski definition) is 2. The van der Waals surface area contributed by atoms with E-state index in [4.69, 9.17) is 5.11 Å². The van der Waals surface area contributed by atoms with Gasteiger partial charge in [-0.1, -0.05) is 0 Å². The molecule has 0 aliphatic heterocycles. The number of benzene rings is 1. The molecule has 2 aromatic rings. The molecule has 0 amide bonds. The number of H-pyrrole nitrogens is 1. The lowest BCUT2D eigenvalue weighted by atomic mass is 10.0. The zero-order valence-corrected chi connectivity index (χ0v) is 10.6. The summed E-state index contributed by atoms with van der Waals surface area (Å²) in [5.74, 6) is -0.994. The van der Waals surface area contributed by atoms with Gasteiger partial charge >= 0.3 is 5.97 Å². The molecule has 1 aromatic heterocycles. The third-order valence-corrected chi connectivity index (χ3v) is 3.26. The second-order valence-corrected chi connectivity index (χ2v) is 4.61. The topological polar surface area (TPSA) is 70.2 Å². The molecule has 0 unspecified atom stereocenters. The number of hydrogen-bond acceptors (Lipinski definition) is 2. The van der Waals surface area contributed by atoms with Crippen LogP contribution < -0.4 is 5.43 Å². The number of pyridine rings is 1. The standard InChI is InChI=1S/C14H15NO3/c1-7-4-11-12(5-8(7)2)15-9(3)10(14(11)18)6-13(16)17/h4-5H,6H2,1-3H3,(H,15,18)(H,16,17). The number of fused-ring (bicyclic) bond motifs is 1. The van der Waals surface area contributed by atoms with Crippen LogP contribution in [0.3, 0.4) is 0 Å². The molecule has 2 rings (SSSR count). The van der Waals surface area contributed by atoms with E-state index >= 15 is 0 Å². The van der Waals surface area contributed by atoms with Gasteiger partial charge in [0, 0.05) is 22.2 Å². The van der Waals surface area contributed by atoms with Crippen LogP contribution in [0, 0.1) is 20.8 Å². The molecule has 0 saturated carbocycles. The van der Waals surface area contributed by atoms with Gasteiger partial charge in [0.25, 0.3) is 0 Å². The molecule has 94 valence electrons. The summed E-state index contributed by atoms with van der Waals surface area (Å²) < 4.78 is 0. The number of aryl methyl sites for hydroxylation is 3. The average Bonchev–Trinajstić information content (AvgIpc) is 2.27. The monoisotopic (exact) mass is 245 g/mol. The molecule has 0 bridgehead atoms. The first-order chi connectivity index (χ1) is 8.40. The third kappa shape index (κ3) is 2.01. The Balaban J connectivity index is 2.81. The summed E-state index contributed by atoms with van der Waals surface area (Å²) in [5, 5.41) is 9.39. The Kier molecular flexibility index (Phi) is 2.95. The lowest BCUT2D eigenvalue weighted by Gasteiger charge is -2.08. The first kappa shape index (κ1) is 12.4. The Morgan fingerprint density at radius 2 is 1.83 bits per heavy atom. The molecule has 0 radical (unpaired) electrons. The van der Waals surface area contributed by atoms with Gasteiger partial charge < -0.3 is 10.1 Å². The van der Waals surface area contributed by atoms with Crippen LogP contribution in [-0.2, 0) is 11.2 Å². The highest BCUT2D eigenvalue weighted by Gasteiger charge is 2.13. The van der Waals surface area contributed by atoms with E-state index in [2.05, 4.69) is 4.98 Å². The summed E-state index contributed by atoms with van der Waals surface area (Å²) in [6.45, 7) is 5.65. The Hall–Kier alpha value is -2.10. The van der Waals surface area contributed by atoms with Crippen molar-refractivity contribution in [1.29, 1.82) is 0 Å². The largest absolute Gasteiger partial charge is 0.481 e. The van der Waals surface area contributed by atoms with Crippen molar-refractivity contribution in [2.75, 3.05) is 0 Å². The average molecular weight is 245 g/mol. The molecular weight excluding hydrogens is 230 g/mol. The van der Waals surface area contributed by atoms with Gasteiger partial charge in [-0.2, -0.15) is 0 Å². The number of nitrogens with one attached hydrogen (secondary N) is 1. The van der Waals surface area contributed by atoms with Crippen LogP contribution in [0.4, 0.5) is 0 Å². The predicted octanol–water partition coefficient (Wildman–Crippen LogP) is 2.08. The highest BCUT2D eigenvalue weighted by Crippen LogP contribution is 2.17. The van der Waals surface area contributed by atoms with E-state index in [1.54, 1.807) is 6.92 Å². The first-order valence-corrected chi connectivity index (χ1v) is 5.74. The Morgan fingerprint density at radius 1 is 1.22 bits per heavy atom. The van der Waals surface area contributed by atoms with E-state index in [0.29, 0.717) is 16.6 Å². The zero-order chi connectivity index (χ0) is 13.4. The van der Waals surface area contributed by atoms with Gasteiger partial charge in [-0.25, -0.2) is 0 Å². The van der Waals surface area contributed by atoms with Crippen LogP contribution in [0.15, 0.2) is 16.9 Å². The summed E-state index contributed by atoms with van der Waals surface area (Å²) in [5.41, 5.74) is 3.65. The molecule has 0 spiro atoms. The Morgan fingerprint density at radius 3 is 2.44 bits per heavy atom. The number of aliphatic carboxylic acids is 1. The van der Waals surface area contributed by atoms with E-state index in [-0.39, 0.29) is 11.8 Å². The normalized spacial score (nSPS) is 10.8. The second kappa shape index (κ2) is 4.29. The number of aromatic amines is 1. The molecule has 2 N–H and O–H groups in total. The zero-order valence-electron chi connectivity index (χ0n) is 10.6. The minimum Gasteiger partial charge on any atom is -0.481 e. The maximum Gasteiger partial charge on any atom is 0.308 e. The van der Waals surface area contributed by atoms with Gasteiger partial charge in [-0.15, -0.1) is 0 Å². The second-order valence-electron chi connectivity index (χ2n) is 4.61. The quantitative estimate of drug-likeness (QED) is 0.851. The van der Waals surface area contributed by atoms with Crippen LogP contribution in [0.25, 0.3) is 10.9 Å². The minimum atomic E-state index is -0.994. The highest BCUT2D eigenvalue weighted by molar-refractivity contribution is 5.82. The molecule has 4 heteroatoms. The van der Waals surface area contributed by atoms with Crippen molar-refractivity contribution in [2.45, 2.75) is 27.2 Å². The molecule has 0 aliphatic carbocycles. The van der Waals surface area contributed by atoms with Crippen molar-refractivity contribution in [3.63, 3.8) is 0 Å². The molecule has 0 saturated heterocycles. The van der Waals surface area contributed by atoms with Crippen molar-refractivity contribution in [2.24, 2.45) is 0 Å². The highest BCUT2D eigenvalue weighted by atomic mass is 16.4. The maximum atomic E-state index is 12.3. The third-order valence-electron chi connectivity index (χ3n) is 3.26. The van der Waals surface area contributed by atoms with Crippen molar-refractivity contribution >= 4 is 16.9 Å². The van der Waals surface area contributed by atoms with Gasteiger partial charge in [-0.3, -0.25) is 9.59 Å². The summed E-state index contributed by atoms with van der Waals surface area (Å²) >= 11 is 0. The molecule has 1 heterocycles. The smallest absolute Gasteiger partial charge is 0.308 e. The molecule has 0 atom stereocenters. The van der Waals surface area contributed by atoms with Gasteiger partial charge in [0.15, 0.2) is 5.43 Å². The van der Waals surface area contributed by atoms with Crippen molar-refractivity contribution in [1.82, 2.24) is 4.98 Å². The van der Waals surface area contributed by atoms with Crippen LogP contribution in [0.1, 0.15) is 22.4 Å². The van der Waals surface area contributed by atoms with Crippen molar-refractivity contribution < 1.29 is 9.90 Å². The lowest BCUT2D eigenvalue weighted by molar-refractivity contribution is -0.136. The fraction of sp³-hybridized carbons (Fsp3) is 0.286. The molecule has 0 fully saturated rings.